The first-order valence-electron chi connectivity index (χ1n) is 5.66. The zero-order valence-corrected chi connectivity index (χ0v) is 11.6. The second-order valence-corrected chi connectivity index (χ2v) is 4.77. The summed E-state index contributed by atoms with van der Waals surface area (Å²) in [6.45, 7) is 0.395. The van der Waals surface area contributed by atoms with Gasteiger partial charge in [-0.15, -0.1) is 0 Å². The van der Waals surface area contributed by atoms with Gasteiger partial charge in [0.1, 0.15) is 0 Å². The van der Waals surface area contributed by atoms with Gasteiger partial charge in [0.25, 0.3) is 5.91 Å². The molecular weight excluding hydrogens is 291 g/mol. The summed E-state index contributed by atoms with van der Waals surface area (Å²) >= 11 is 11.7. The Bertz CT molecular complexity index is 469. The van der Waals surface area contributed by atoms with E-state index >= 15 is 0 Å². The minimum atomic E-state index is -0.844. The van der Waals surface area contributed by atoms with E-state index in [0.717, 1.165) is 0 Å². The van der Waals surface area contributed by atoms with Crippen LogP contribution in [-0.2, 0) is 4.79 Å². The van der Waals surface area contributed by atoms with E-state index in [0.29, 0.717) is 24.9 Å². The second-order valence-electron chi connectivity index (χ2n) is 3.96. The predicted octanol–water partition coefficient (Wildman–Crippen LogP) is 2.56. The van der Waals surface area contributed by atoms with Gasteiger partial charge in [0.05, 0.1) is 15.7 Å². The van der Waals surface area contributed by atoms with E-state index in [1.165, 1.54) is 12.1 Å². The summed E-state index contributed by atoms with van der Waals surface area (Å²) in [7, 11) is 0. The number of aliphatic carboxylic acids is 1. The van der Waals surface area contributed by atoms with Crippen molar-refractivity contribution in [1.29, 1.82) is 0 Å². The third-order valence-corrected chi connectivity index (χ3v) is 3.07. The number of nitrogens with two attached hydrogens (primary N) is 1. The molecule has 5 nitrogen and oxygen atoms in total. The quantitative estimate of drug-likeness (QED) is 0.556. The number of carboxylic acids is 1. The van der Waals surface area contributed by atoms with Gasteiger partial charge in [0, 0.05) is 18.5 Å². The Balaban J connectivity index is 2.48. The molecule has 0 aliphatic heterocycles. The summed E-state index contributed by atoms with van der Waals surface area (Å²) in [5.41, 5.74) is 6.13. The third kappa shape index (κ3) is 4.96. The van der Waals surface area contributed by atoms with E-state index in [1.54, 1.807) is 0 Å². The summed E-state index contributed by atoms with van der Waals surface area (Å²) < 4.78 is 0. The molecule has 4 N–H and O–H groups in total. The highest BCUT2D eigenvalue weighted by atomic mass is 35.5. The molecule has 0 bridgehead atoms. The first-order valence-corrected chi connectivity index (χ1v) is 6.42. The normalized spacial score (nSPS) is 10.2. The van der Waals surface area contributed by atoms with E-state index < -0.39 is 5.97 Å². The SMILES string of the molecule is Nc1c(Cl)cc(C(=O)NCCCCC(=O)O)cc1Cl. The minimum absolute atomic E-state index is 0.0927. The van der Waals surface area contributed by atoms with Crippen molar-refractivity contribution in [3.05, 3.63) is 27.7 Å². The van der Waals surface area contributed by atoms with Crippen molar-refractivity contribution in [2.75, 3.05) is 12.3 Å². The average Bonchev–Trinajstić information content (AvgIpc) is 2.34. The van der Waals surface area contributed by atoms with Crippen LogP contribution < -0.4 is 11.1 Å². The molecule has 1 amide bonds. The number of unbranched alkanes of at least 4 members (excludes halogenated alkanes) is 1. The lowest BCUT2D eigenvalue weighted by atomic mass is 10.2. The lowest BCUT2D eigenvalue weighted by molar-refractivity contribution is -0.137. The van der Waals surface area contributed by atoms with Crippen molar-refractivity contribution in [3.8, 4) is 0 Å². The molecule has 0 aliphatic carbocycles. The molecular formula is C12H14Cl2N2O3. The van der Waals surface area contributed by atoms with Gasteiger partial charge in [-0.25, -0.2) is 0 Å². The molecule has 1 rings (SSSR count). The molecule has 1 aromatic rings. The van der Waals surface area contributed by atoms with Crippen LogP contribution in [0.1, 0.15) is 29.6 Å². The maximum Gasteiger partial charge on any atom is 0.303 e. The van der Waals surface area contributed by atoms with Crippen molar-refractivity contribution in [3.63, 3.8) is 0 Å². The van der Waals surface area contributed by atoms with Gasteiger partial charge in [0.15, 0.2) is 0 Å². The van der Waals surface area contributed by atoms with E-state index in [9.17, 15) is 9.59 Å². The van der Waals surface area contributed by atoms with Crippen LogP contribution in [0.5, 0.6) is 0 Å². The van der Waals surface area contributed by atoms with Crippen molar-refractivity contribution in [2.24, 2.45) is 0 Å². The number of amides is 1. The minimum Gasteiger partial charge on any atom is -0.481 e. The summed E-state index contributed by atoms with van der Waals surface area (Å²) in [5, 5.41) is 11.6. The largest absolute Gasteiger partial charge is 0.481 e. The zero-order valence-electron chi connectivity index (χ0n) is 10.1. The van der Waals surface area contributed by atoms with E-state index in [2.05, 4.69) is 5.32 Å². The predicted molar refractivity (Wildman–Crippen MR) is 74.7 cm³/mol. The average molecular weight is 305 g/mol. The highest BCUT2D eigenvalue weighted by Crippen LogP contribution is 2.28. The van der Waals surface area contributed by atoms with Gasteiger partial charge >= 0.3 is 5.97 Å². The van der Waals surface area contributed by atoms with E-state index in [4.69, 9.17) is 34.0 Å². The molecule has 0 radical (unpaired) electrons. The maximum atomic E-state index is 11.8. The number of nitrogens with one attached hydrogen (secondary N) is 1. The summed E-state index contributed by atoms with van der Waals surface area (Å²) in [6.07, 6.45) is 1.20. The molecule has 0 aromatic heterocycles. The smallest absolute Gasteiger partial charge is 0.303 e. The first-order chi connectivity index (χ1) is 8.91. The number of carbonyl (C=O) groups excluding carboxylic acids is 1. The maximum absolute atomic E-state index is 11.8. The van der Waals surface area contributed by atoms with Crippen molar-refractivity contribution >= 4 is 40.8 Å². The van der Waals surface area contributed by atoms with Gasteiger partial charge in [0.2, 0.25) is 0 Å². The Labute approximate surface area is 120 Å². The molecule has 19 heavy (non-hydrogen) atoms. The van der Waals surface area contributed by atoms with Crippen molar-refractivity contribution < 1.29 is 14.7 Å². The number of nitrogen functional groups attached to an aromatic ring is 1. The zero-order chi connectivity index (χ0) is 14.4. The Morgan fingerprint density at radius 1 is 1.21 bits per heavy atom. The molecule has 0 unspecified atom stereocenters. The Hall–Kier alpha value is -1.46. The summed E-state index contributed by atoms with van der Waals surface area (Å²) in [6, 6.07) is 2.88. The van der Waals surface area contributed by atoms with Crippen LogP contribution >= 0.6 is 23.2 Å². The van der Waals surface area contributed by atoms with Crippen molar-refractivity contribution in [1.82, 2.24) is 5.32 Å². The summed E-state index contributed by atoms with van der Waals surface area (Å²) in [5.74, 6) is -1.16. The topological polar surface area (TPSA) is 92.4 Å². The van der Waals surface area contributed by atoms with Crippen LogP contribution in [0.3, 0.4) is 0 Å². The number of halogens is 2. The molecule has 0 atom stereocenters. The number of carbonyl (C=O) groups is 2. The number of hydrogen-bond donors (Lipinski definition) is 3. The van der Waals surface area contributed by atoms with Crippen LogP contribution in [0.2, 0.25) is 10.0 Å². The molecule has 0 saturated carbocycles. The fraction of sp³-hybridized carbons (Fsp3) is 0.333. The fourth-order valence-electron chi connectivity index (χ4n) is 1.42. The second kappa shape index (κ2) is 7.21. The van der Waals surface area contributed by atoms with Crippen LogP contribution in [-0.4, -0.2) is 23.5 Å². The molecule has 7 heteroatoms. The van der Waals surface area contributed by atoms with Crippen LogP contribution in [0, 0.1) is 0 Å². The third-order valence-electron chi connectivity index (χ3n) is 2.44. The lowest BCUT2D eigenvalue weighted by Crippen LogP contribution is -2.24. The van der Waals surface area contributed by atoms with E-state index in [1.807, 2.05) is 0 Å². The van der Waals surface area contributed by atoms with Crippen LogP contribution in [0.4, 0.5) is 5.69 Å². The molecule has 0 saturated heterocycles. The van der Waals surface area contributed by atoms with E-state index in [-0.39, 0.29) is 28.1 Å². The monoisotopic (exact) mass is 304 g/mol. The Kier molecular flexibility index (Phi) is 5.92. The fourth-order valence-corrected chi connectivity index (χ4v) is 1.91. The first kappa shape index (κ1) is 15.6. The Morgan fingerprint density at radius 2 is 1.79 bits per heavy atom. The molecule has 0 fully saturated rings. The van der Waals surface area contributed by atoms with Gasteiger partial charge in [-0.2, -0.15) is 0 Å². The van der Waals surface area contributed by atoms with Gasteiger partial charge in [-0.3, -0.25) is 9.59 Å². The highest BCUT2D eigenvalue weighted by molar-refractivity contribution is 6.39. The number of benzene rings is 1. The number of rotatable bonds is 6. The Morgan fingerprint density at radius 3 is 2.32 bits per heavy atom. The van der Waals surface area contributed by atoms with Crippen LogP contribution in [0.25, 0.3) is 0 Å². The molecule has 0 heterocycles. The van der Waals surface area contributed by atoms with Gasteiger partial charge in [-0.05, 0) is 25.0 Å². The number of hydrogen-bond acceptors (Lipinski definition) is 3. The lowest BCUT2D eigenvalue weighted by Gasteiger charge is -2.07. The van der Waals surface area contributed by atoms with Gasteiger partial charge < -0.3 is 16.2 Å². The summed E-state index contributed by atoms with van der Waals surface area (Å²) in [4.78, 5) is 22.1. The van der Waals surface area contributed by atoms with Gasteiger partial charge in [-0.1, -0.05) is 23.2 Å². The van der Waals surface area contributed by atoms with Crippen LogP contribution in [0.15, 0.2) is 12.1 Å². The number of carboxylic acid groups (broad SMARTS) is 1. The standard InChI is InChI=1S/C12H14Cl2N2O3/c13-8-5-7(6-9(14)11(8)15)12(19)16-4-2-1-3-10(17)18/h5-6H,1-4,15H2,(H,16,19)(H,17,18). The van der Waals surface area contributed by atoms with Crippen molar-refractivity contribution in [2.45, 2.75) is 19.3 Å². The number of anilines is 1. The molecule has 0 aliphatic rings. The molecule has 104 valence electrons. The molecule has 1 aromatic carbocycles. The molecule has 0 spiro atoms. The highest BCUT2D eigenvalue weighted by Gasteiger charge is 2.10.